The fourth-order valence-electron chi connectivity index (χ4n) is 3.38. The number of carbonyl (C=O) groups excluding carboxylic acids is 1. The summed E-state index contributed by atoms with van der Waals surface area (Å²) in [4.78, 5) is 14.3. The topological polar surface area (TPSA) is 82.0 Å². The van der Waals surface area contributed by atoms with Crippen molar-refractivity contribution in [3.63, 3.8) is 0 Å². The molecule has 1 amide bonds. The van der Waals surface area contributed by atoms with Gasteiger partial charge in [0.05, 0.1) is 19.8 Å². The molecular weight excluding hydrogens is 344 g/mol. The van der Waals surface area contributed by atoms with Crippen molar-refractivity contribution in [2.24, 2.45) is 0 Å². The number of nitrogens with zero attached hydrogens (tertiary/aromatic N) is 1. The smallest absolute Gasteiger partial charge is 0.253 e. The highest BCUT2D eigenvalue weighted by molar-refractivity contribution is 5.94. The van der Waals surface area contributed by atoms with Crippen molar-refractivity contribution in [1.29, 1.82) is 0 Å². The molecular formula is C21H26N2O4. The van der Waals surface area contributed by atoms with Gasteiger partial charge in [-0.25, -0.2) is 0 Å². The zero-order chi connectivity index (χ0) is 19.3. The third kappa shape index (κ3) is 4.66. The number of hydrogen-bond acceptors (Lipinski definition) is 5. The lowest BCUT2D eigenvalue weighted by atomic mass is 9.89. The predicted molar refractivity (Wildman–Crippen MR) is 103 cm³/mol. The minimum Gasteiger partial charge on any atom is -0.497 e. The minimum atomic E-state index is -1.39. The summed E-state index contributed by atoms with van der Waals surface area (Å²) in [6, 6.07) is 16.6. The van der Waals surface area contributed by atoms with Crippen LogP contribution in [-0.2, 0) is 6.54 Å². The first-order chi connectivity index (χ1) is 13.0. The van der Waals surface area contributed by atoms with Crippen LogP contribution in [0.5, 0.6) is 5.75 Å². The normalized spacial score (nSPS) is 22.5. The first-order valence-corrected chi connectivity index (χ1v) is 9.10. The van der Waals surface area contributed by atoms with Crippen LogP contribution >= 0.6 is 0 Å². The van der Waals surface area contributed by atoms with Crippen molar-refractivity contribution < 1.29 is 19.7 Å². The van der Waals surface area contributed by atoms with Crippen molar-refractivity contribution >= 4 is 5.91 Å². The number of ether oxygens (including phenoxy) is 1. The lowest BCUT2D eigenvalue weighted by molar-refractivity contribution is -0.111. The van der Waals surface area contributed by atoms with Crippen molar-refractivity contribution in [2.45, 2.75) is 24.7 Å². The quantitative estimate of drug-likeness (QED) is 0.717. The Hall–Kier alpha value is -2.41. The summed E-state index contributed by atoms with van der Waals surface area (Å²) < 4.78 is 5.21. The molecule has 0 unspecified atom stereocenters. The maximum Gasteiger partial charge on any atom is 0.253 e. The van der Waals surface area contributed by atoms with Gasteiger partial charge in [-0.1, -0.05) is 30.3 Å². The van der Waals surface area contributed by atoms with E-state index in [2.05, 4.69) is 5.32 Å². The van der Waals surface area contributed by atoms with Crippen LogP contribution in [0.25, 0.3) is 0 Å². The number of β-amino-alcohol motifs (C(OH)–C–C–N with tert-alkyl or cyclic N) is 1. The number of aliphatic hydroxyl groups excluding tert-OH is 1. The van der Waals surface area contributed by atoms with E-state index in [-0.39, 0.29) is 19.0 Å². The average Bonchev–Trinajstić information content (AvgIpc) is 2.70. The number of carbonyl (C=O) groups is 1. The number of methoxy groups -OCH3 is 1. The molecule has 0 spiro atoms. The molecule has 144 valence electrons. The van der Waals surface area contributed by atoms with E-state index in [0.717, 1.165) is 11.3 Å². The van der Waals surface area contributed by atoms with Gasteiger partial charge in [-0.2, -0.15) is 0 Å². The number of rotatable bonds is 6. The van der Waals surface area contributed by atoms with E-state index in [9.17, 15) is 15.0 Å². The third-order valence-electron chi connectivity index (χ3n) is 4.96. The Bertz CT molecular complexity index is 768. The number of amides is 1. The third-order valence-corrected chi connectivity index (χ3v) is 4.96. The van der Waals surface area contributed by atoms with E-state index in [4.69, 9.17) is 4.74 Å². The largest absolute Gasteiger partial charge is 0.497 e. The maximum atomic E-state index is 12.7. The summed E-state index contributed by atoms with van der Waals surface area (Å²) in [7, 11) is 1.62. The zero-order valence-corrected chi connectivity index (χ0v) is 15.5. The second kappa shape index (κ2) is 8.52. The van der Waals surface area contributed by atoms with Crippen LogP contribution in [0.1, 0.15) is 22.3 Å². The zero-order valence-electron chi connectivity index (χ0n) is 15.5. The molecule has 1 heterocycles. The molecule has 1 aliphatic rings. The van der Waals surface area contributed by atoms with Gasteiger partial charge in [0.15, 0.2) is 0 Å². The Morgan fingerprint density at radius 2 is 2.04 bits per heavy atom. The molecule has 0 aromatic heterocycles. The number of aliphatic hydroxyl groups is 2. The highest BCUT2D eigenvalue weighted by Crippen LogP contribution is 2.23. The predicted octanol–water partition coefficient (Wildman–Crippen LogP) is 1.42. The average molecular weight is 370 g/mol. The Kier molecular flexibility index (Phi) is 6.11. The van der Waals surface area contributed by atoms with Crippen molar-refractivity contribution in [1.82, 2.24) is 10.2 Å². The Labute approximate surface area is 159 Å². The molecule has 0 radical (unpaired) electrons. The van der Waals surface area contributed by atoms with E-state index < -0.39 is 11.7 Å². The fraction of sp³-hybridized carbons (Fsp3) is 0.381. The van der Waals surface area contributed by atoms with E-state index in [1.807, 2.05) is 42.5 Å². The molecule has 2 aromatic carbocycles. The summed E-state index contributed by atoms with van der Waals surface area (Å²) in [6.07, 6.45) is -0.536. The molecule has 0 aliphatic carbocycles. The SMILES string of the molecule is COc1cccc(CNC[C@@]2(O)CN(C(=O)c3ccccc3)CC[C@@H]2O)c1. The molecule has 3 rings (SSSR count). The molecule has 1 saturated heterocycles. The van der Waals surface area contributed by atoms with Crippen molar-refractivity contribution in [3.05, 3.63) is 65.7 Å². The van der Waals surface area contributed by atoms with Crippen LogP contribution in [0.4, 0.5) is 0 Å². The van der Waals surface area contributed by atoms with Crippen LogP contribution in [-0.4, -0.2) is 59.5 Å². The van der Waals surface area contributed by atoms with Gasteiger partial charge in [0, 0.05) is 25.2 Å². The second-order valence-corrected chi connectivity index (χ2v) is 6.96. The highest BCUT2D eigenvalue weighted by atomic mass is 16.5. The first kappa shape index (κ1) is 19.4. The van der Waals surface area contributed by atoms with Gasteiger partial charge >= 0.3 is 0 Å². The standard InChI is InChI=1S/C21H26N2O4/c1-27-18-9-5-6-16(12-18)13-22-14-21(26)15-23(11-10-19(21)24)20(25)17-7-3-2-4-8-17/h2-9,12,19,22,24,26H,10-11,13-15H2,1H3/t19-,21+/m0/s1. The van der Waals surface area contributed by atoms with Gasteiger partial charge in [-0.3, -0.25) is 4.79 Å². The van der Waals surface area contributed by atoms with E-state index >= 15 is 0 Å². The van der Waals surface area contributed by atoms with Crippen LogP contribution in [0.2, 0.25) is 0 Å². The second-order valence-electron chi connectivity index (χ2n) is 6.96. The van der Waals surface area contributed by atoms with Crippen LogP contribution in [0.3, 0.4) is 0 Å². The van der Waals surface area contributed by atoms with Gasteiger partial charge < -0.3 is 25.2 Å². The summed E-state index contributed by atoms with van der Waals surface area (Å²) in [6.45, 7) is 1.23. The number of benzene rings is 2. The molecule has 2 atom stereocenters. The van der Waals surface area contributed by atoms with Crippen LogP contribution in [0, 0.1) is 0 Å². The number of likely N-dealkylation sites (tertiary alicyclic amines) is 1. The molecule has 6 nitrogen and oxygen atoms in total. The molecule has 1 fully saturated rings. The fourth-order valence-corrected chi connectivity index (χ4v) is 3.38. The number of piperidine rings is 1. The van der Waals surface area contributed by atoms with Gasteiger partial charge in [-0.05, 0) is 36.2 Å². The number of nitrogens with one attached hydrogen (secondary N) is 1. The van der Waals surface area contributed by atoms with Gasteiger partial charge in [0.25, 0.3) is 5.91 Å². The molecule has 1 aliphatic heterocycles. The van der Waals surface area contributed by atoms with Crippen molar-refractivity contribution in [3.8, 4) is 5.75 Å². The van der Waals surface area contributed by atoms with E-state index in [1.165, 1.54) is 0 Å². The van der Waals surface area contributed by atoms with Crippen LogP contribution in [0.15, 0.2) is 54.6 Å². The maximum absolute atomic E-state index is 12.7. The molecule has 6 heteroatoms. The lowest BCUT2D eigenvalue weighted by Gasteiger charge is -2.42. The molecule has 0 bridgehead atoms. The molecule has 2 aromatic rings. The van der Waals surface area contributed by atoms with Crippen LogP contribution < -0.4 is 10.1 Å². The van der Waals surface area contributed by atoms with Gasteiger partial charge in [-0.15, -0.1) is 0 Å². The Balaban J connectivity index is 1.61. The Morgan fingerprint density at radius 1 is 1.26 bits per heavy atom. The first-order valence-electron chi connectivity index (χ1n) is 9.10. The van der Waals surface area contributed by atoms with E-state index in [0.29, 0.717) is 25.1 Å². The summed E-state index contributed by atoms with van der Waals surface area (Å²) in [5.41, 5.74) is 0.211. The molecule has 0 saturated carbocycles. The Morgan fingerprint density at radius 3 is 2.78 bits per heavy atom. The lowest BCUT2D eigenvalue weighted by Crippen LogP contribution is -2.62. The van der Waals surface area contributed by atoms with Gasteiger partial charge in [0.1, 0.15) is 11.4 Å². The minimum absolute atomic E-state index is 0.0903. The monoisotopic (exact) mass is 370 g/mol. The highest BCUT2D eigenvalue weighted by Gasteiger charge is 2.42. The van der Waals surface area contributed by atoms with Crippen molar-refractivity contribution in [2.75, 3.05) is 26.7 Å². The van der Waals surface area contributed by atoms with Gasteiger partial charge in [0.2, 0.25) is 0 Å². The number of hydrogen-bond donors (Lipinski definition) is 3. The molecule has 27 heavy (non-hydrogen) atoms. The molecule has 3 N–H and O–H groups in total. The summed E-state index contributed by atoms with van der Waals surface area (Å²) >= 11 is 0. The summed E-state index contributed by atoms with van der Waals surface area (Å²) in [5, 5.41) is 24.5. The summed E-state index contributed by atoms with van der Waals surface area (Å²) in [5.74, 6) is 0.638. The van der Waals surface area contributed by atoms with E-state index in [1.54, 1.807) is 24.1 Å².